The van der Waals surface area contributed by atoms with Crippen LogP contribution in [0.5, 0.6) is 0 Å². The lowest BCUT2D eigenvalue weighted by Crippen LogP contribution is -2.62. The molecule has 0 aromatic heterocycles. The Kier molecular flexibility index (Phi) is 7.82. The van der Waals surface area contributed by atoms with Crippen molar-refractivity contribution in [1.29, 1.82) is 0 Å². The Morgan fingerprint density at radius 1 is 1.21 bits per heavy atom. The van der Waals surface area contributed by atoms with Gasteiger partial charge in [-0.1, -0.05) is 30.3 Å². The summed E-state index contributed by atoms with van der Waals surface area (Å²) in [6.45, 7) is 6.24. The molecule has 1 aromatic rings. The Morgan fingerprint density at radius 2 is 1.96 bits per heavy atom. The molecular weight excluding hydrogens is 358 g/mol. The molecule has 28 heavy (non-hydrogen) atoms. The van der Waals surface area contributed by atoms with Crippen molar-refractivity contribution in [3.63, 3.8) is 0 Å². The predicted octanol–water partition coefficient (Wildman–Crippen LogP) is -0.135. The molecule has 2 atom stereocenters. The summed E-state index contributed by atoms with van der Waals surface area (Å²) >= 11 is 0. The highest BCUT2D eigenvalue weighted by Crippen LogP contribution is 2.22. The summed E-state index contributed by atoms with van der Waals surface area (Å²) in [6, 6.07) is 9.62. The molecule has 3 rings (SSSR count). The van der Waals surface area contributed by atoms with Crippen LogP contribution in [0, 0.1) is 0 Å². The second kappa shape index (κ2) is 10.3. The summed E-state index contributed by atoms with van der Waals surface area (Å²) < 4.78 is 5.35. The van der Waals surface area contributed by atoms with Crippen LogP contribution in [-0.2, 0) is 16.0 Å². The highest BCUT2D eigenvalue weighted by molar-refractivity contribution is 5.79. The largest absolute Gasteiger partial charge is 0.390 e. The van der Waals surface area contributed by atoms with E-state index in [0.29, 0.717) is 19.4 Å². The van der Waals surface area contributed by atoms with Crippen molar-refractivity contribution in [3.8, 4) is 0 Å². The fourth-order valence-corrected chi connectivity index (χ4v) is 3.89. The number of hydrogen-bond donors (Lipinski definition) is 3. The number of morpholine rings is 1. The number of likely N-dealkylation sites (tertiary alicyclic amines) is 1. The molecule has 2 aliphatic heterocycles. The first kappa shape index (κ1) is 21.2. The molecule has 0 aliphatic carbocycles. The fourth-order valence-electron chi connectivity index (χ4n) is 3.89. The third-order valence-corrected chi connectivity index (χ3v) is 5.67. The number of piperidine rings is 1. The Hall–Kier alpha value is -1.51. The van der Waals surface area contributed by atoms with Crippen LogP contribution < -0.4 is 5.32 Å². The molecule has 0 bridgehead atoms. The van der Waals surface area contributed by atoms with Crippen molar-refractivity contribution in [3.05, 3.63) is 35.9 Å². The maximum Gasteiger partial charge on any atom is 0.227 e. The van der Waals surface area contributed by atoms with E-state index >= 15 is 0 Å². The van der Waals surface area contributed by atoms with E-state index in [2.05, 4.69) is 10.2 Å². The van der Waals surface area contributed by atoms with Gasteiger partial charge >= 0.3 is 0 Å². The Bertz CT molecular complexity index is 609. The average molecular weight is 392 g/mol. The minimum Gasteiger partial charge on any atom is -0.390 e. The second-order valence-corrected chi connectivity index (χ2v) is 7.87. The van der Waals surface area contributed by atoms with E-state index in [0.717, 1.165) is 51.4 Å². The number of aliphatic hydroxyl groups is 2. The summed E-state index contributed by atoms with van der Waals surface area (Å²) in [7, 11) is 0. The fraction of sp³-hybridized carbons (Fsp3) is 0.667. The topological polar surface area (TPSA) is 85.3 Å². The van der Waals surface area contributed by atoms with Crippen LogP contribution in [0.1, 0.15) is 18.4 Å². The van der Waals surface area contributed by atoms with E-state index in [-0.39, 0.29) is 19.0 Å². The molecule has 2 fully saturated rings. The van der Waals surface area contributed by atoms with Gasteiger partial charge in [0.2, 0.25) is 5.91 Å². The number of nitrogens with zero attached hydrogens (tertiary/aromatic N) is 2. The predicted molar refractivity (Wildman–Crippen MR) is 107 cm³/mol. The number of rotatable bonds is 8. The monoisotopic (exact) mass is 391 g/mol. The lowest BCUT2D eigenvalue weighted by atomic mass is 9.89. The van der Waals surface area contributed by atoms with E-state index in [4.69, 9.17) is 4.74 Å². The second-order valence-electron chi connectivity index (χ2n) is 7.87. The smallest absolute Gasteiger partial charge is 0.227 e. The number of ether oxygens (including phenoxy) is 1. The van der Waals surface area contributed by atoms with Crippen molar-refractivity contribution in [1.82, 2.24) is 15.1 Å². The standard InChI is InChI=1S/C21H33N3O4/c25-19-7-10-24(20(26)15-18-5-2-1-3-6-18)17-21(19,27)16-22-8-4-9-23-11-13-28-14-12-23/h1-3,5-6,19,22,25,27H,4,7-17H2/t19-,21+/m0/s1. The Morgan fingerprint density at radius 3 is 2.71 bits per heavy atom. The first-order valence-corrected chi connectivity index (χ1v) is 10.3. The van der Waals surface area contributed by atoms with Crippen molar-refractivity contribution < 1.29 is 19.7 Å². The molecule has 1 amide bonds. The minimum atomic E-state index is -1.30. The van der Waals surface area contributed by atoms with Gasteiger partial charge in [0.1, 0.15) is 5.60 Å². The molecule has 2 heterocycles. The number of benzene rings is 1. The van der Waals surface area contributed by atoms with Gasteiger partial charge in [0.15, 0.2) is 0 Å². The molecular formula is C21H33N3O4. The zero-order valence-electron chi connectivity index (χ0n) is 16.6. The average Bonchev–Trinajstić information content (AvgIpc) is 2.71. The SMILES string of the molecule is O=C(Cc1ccccc1)N1CC[C@H](O)[C@@](O)(CNCCCN2CCOCC2)C1. The summed E-state index contributed by atoms with van der Waals surface area (Å²) in [5.74, 6) is -0.0103. The number of hydrogen-bond acceptors (Lipinski definition) is 6. The molecule has 2 saturated heterocycles. The van der Waals surface area contributed by atoms with E-state index in [9.17, 15) is 15.0 Å². The van der Waals surface area contributed by atoms with Crippen LogP contribution in [0.2, 0.25) is 0 Å². The number of β-amino-alcohol motifs (C(OH)–C–C–N with tert-alkyl or cyclic N) is 1. The summed E-state index contributed by atoms with van der Waals surface area (Å²) in [4.78, 5) is 16.7. The minimum absolute atomic E-state index is 0.0103. The first-order valence-electron chi connectivity index (χ1n) is 10.3. The van der Waals surface area contributed by atoms with Gasteiger partial charge in [0.05, 0.1) is 32.3 Å². The third-order valence-electron chi connectivity index (χ3n) is 5.67. The maximum absolute atomic E-state index is 12.6. The quantitative estimate of drug-likeness (QED) is 0.535. The van der Waals surface area contributed by atoms with Crippen LogP contribution in [0.15, 0.2) is 30.3 Å². The van der Waals surface area contributed by atoms with Gasteiger partial charge in [-0.15, -0.1) is 0 Å². The molecule has 7 heteroatoms. The zero-order valence-corrected chi connectivity index (χ0v) is 16.6. The molecule has 2 aliphatic rings. The number of aliphatic hydroxyl groups excluding tert-OH is 1. The summed E-state index contributed by atoms with van der Waals surface area (Å²) in [6.07, 6.45) is 0.870. The molecule has 7 nitrogen and oxygen atoms in total. The number of carbonyl (C=O) groups is 1. The number of nitrogens with one attached hydrogen (secondary N) is 1. The van der Waals surface area contributed by atoms with Crippen LogP contribution in [0.25, 0.3) is 0 Å². The lowest BCUT2D eigenvalue weighted by Gasteiger charge is -2.43. The normalized spacial score (nSPS) is 26.4. The Labute approximate surface area is 167 Å². The van der Waals surface area contributed by atoms with Crippen molar-refractivity contribution in [2.45, 2.75) is 31.0 Å². The molecule has 0 saturated carbocycles. The van der Waals surface area contributed by atoms with Crippen molar-refractivity contribution in [2.24, 2.45) is 0 Å². The summed E-state index contributed by atoms with van der Waals surface area (Å²) in [5, 5.41) is 24.5. The highest BCUT2D eigenvalue weighted by Gasteiger charge is 2.42. The van der Waals surface area contributed by atoms with Crippen molar-refractivity contribution in [2.75, 3.05) is 59.0 Å². The van der Waals surface area contributed by atoms with E-state index in [1.165, 1.54) is 0 Å². The molecule has 1 aromatic carbocycles. The summed E-state index contributed by atoms with van der Waals surface area (Å²) in [5.41, 5.74) is -0.341. The van der Waals surface area contributed by atoms with E-state index in [1.54, 1.807) is 4.90 Å². The van der Waals surface area contributed by atoms with E-state index < -0.39 is 11.7 Å². The number of amides is 1. The van der Waals surface area contributed by atoms with Gasteiger partial charge in [-0.2, -0.15) is 0 Å². The molecule has 156 valence electrons. The van der Waals surface area contributed by atoms with Crippen LogP contribution in [0.3, 0.4) is 0 Å². The van der Waals surface area contributed by atoms with Gasteiger partial charge in [-0.3, -0.25) is 9.69 Å². The lowest BCUT2D eigenvalue weighted by molar-refractivity contribution is -0.150. The first-order chi connectivity index (χ1) is 13.6. The van der Waals surface area contributed by atoms with Crippen LogP contribution >= 0.6 is 0 Å². The van der Waals surface area contributed by atoms with Gasteiger partial charge in [-0.25, -0.2) is 0 Å². The van der Waals surface area contributed by atoms with Gasteiger partial charge < -0.3 is 25.2 Å². The highest BCUT2D eigenvalue weighted by atomic mass is 16.5. The number of carbonyl (C=O) groups excluding carboxylic acids is 1. The van der Waals surface area contributed by atoms with Gasteiger partial charge in [0.25, 0.3) is 0 Å². The Balaban J connectivity index is 1.42. The molecule has 0 spiro atoms. The van der Waals surface area contributed by atoms with E-state index in [1.807, 2.05) is 30.3 Å². The van der Waals surface area contributed by atoms with Gasteiger partial charge in [-0.05, 0) is 31.5 Å². The maximum atomic E-state index is 12.6. The third kappa shape index (κ3) is 5.99. The zero-order chi connectivity index (χ0) is 19.8. The van der Waals surface area contributed by atoms with Crippen LogP contribution in [0.4, 0.5) is 0 Å². The van der Waals surface area contributed by atoms with Gasteiger partial charge in [0, 0.05) is 26.2 Å². The van der Waals surface area contributed by atoms with Crippen LogP contribution in [-0.4, -0.2) is 96.7 Å². The molecule has 0 unspecified atom stereocenters. The van der Waals surface area contributed by atoms with Crippen molar-refractivity contribution >= 4 is 5.91 Å². The molecule has 3 N–H and O–H groups in total. The molecule has 0 radical (unpaired) electrons.